The third-order valence-electron chi connectivity index (χ3n) is 4.11. The maximum absolute atomic E-state index is 13.1. The molecule has 2 aromatic carbocycles. The van der Waals surface area contributed by atoms with Crippen LogP contribution in [0.2, 0.25) is 0 Å². The van der Waals surface area contributed by atoms with E-state index in [0.29, 0.717) is 22.9 Å². The predicted molar refractivity (Wildman–Crippen MR) is 106 cm³/mol. The van der Waals surface area contributed by atoms with Crippen LogP contribution in [-0.4, -0.2) is 20.1 Å². The van der Waals surface area contributed by atoms with E-state index in [0.717, 1.165) is 16.8 Å². The van der Waals surface area contributed by atoms with E-state index in [2.05, 4.69) is 0 Å². The third kappa shape index (κ3) is 3.89. The van der Waals surface area contributed by atoms with Gasteiger partial charge >= 0.3 is 0 Å². The van der Waals surface area contributed by atoms with Crippen molar-refractivity contribution >= 4 is 22.9 Å². The Morgan fingerprint density at radius 2 is 1.73 bits per heavy atom. The van der Waals surface area contributed by atoms with Crippen LogP contribution < -0.4 is 14.4 Å². The summed E-state index contributed by atoms with van der Waals surface area (Å²) in [7, 11) is 3.21. The number of anilines is 1. The van der Waals surface area contributed by atoms with Crippen LogP contribution in [0.1, 0.15) is 20.8 Å². The lowest BCUT2D eigenvalue weighted by Crippen LogP contribution is -2.29. The van der Waals surface area contributed by atoms with Gasteiger partial charge in [0, 0.05) is 5.69 Å². The summed E-state index contributed by atoms with van der Waals surface area (Å²) in [5.41, 5.74) is 2.99. The molecule has 0 atom stereocenters. The number of aryl methyl sites for hydroxylation is 1. The summed E-state index contributed by atoms with van der Waals surface area (Å²) in [4.78, 5) is 15.6. The van der Waals surface area contributed by atoms with Crippen molar-refractivity contribution in [2.45, 2.75) is 13.5 Å². The van der Waals surface area contributed by atoms with E-state index in [1.165, 1.54) is 11.3 Å². The summed E-state index contributed by atoms with van der Waals surface area (Å²) in [5.74, 6) is 1.30. The Morgan fingerprint density at radius 3 is 2.35 bits per heavy atom. The molecule has 0 spiro atoms. The van der Waals surface area contributed by atoms with Crippen LogP contribution in [-0.2, 0) is 6.54 Å². The molecule has 0 bridgehead atoms. The largest absolute Gasteiger partial charge is 0.493 e. The minimum atomic E-state index is -0.0152. The Bertz CT molecular complexity index is 873. The highest BCUT2D eigenvalue weighted by molar-refractivity contribution is 7.12. The quantitative estimate of drug-likeness (QED) is 0.621. The SMILES string of the molecule is COc1ccc(CN(C(=O)c2cccs2)c2ccc(C)cc2)cc1OC. The molecule has 1 amide bonds. The number of ether oxygens (including phenoxy) is 2. The van der Waals surface area contributed by atoms with E-state index in [-0.39, 0.29) is 5.91 Å². The maximum atomic E-state index is 13.1. The number of benzene rings is 2. The van der Waals surface area contributed by atoms with Crippen molar-refractivity contribution in [3.05, 3.63) is 76.0 Å². The first-order chi connectivity index (χ1) is 12.6. The molecule has 4 nitrogen and oxygen atoms in total. The number of hydrogen-bond acceptors (Lipinski definition) is 4. The van der Waals surface area contributed by atoms with E-state index in [4.69, 9.17) is 9.47 Å². The highest BCUT2D eigenvalue weighted by atomic mass is 32.1. The molecule has 0 saturated carbocycles. The molecule has 134 valence electrons. The fraction of sp³-hybridized carbons (Fsp3) is 0.190. The van der Waals surface area contributed by atoms with Crippen LogP contribution in [0.4, 0.5) is 5.69 Å². The molecule has 0 fully saturated rings. The average molecular weight is 367 g/mol. The third-order valence-corrected chi connectivity index (χ3v) is 4.97. The van der Waals surface area contributed by atoms with Crippen LogP contribution in [0.25, 0.3) is 0 Å². The van der Waals surface area contributed by atoms with E-state index >= 15 is 0 Å². The molecule has 26 heavy (non-hydrogen) atoms. The number of rotatable bonds is 6. The smallest absolute Gasteiger partial charge is 0.268 e. The fourth-order valence-corrected chi connectivity index (χ4v) is 3.37. The minimum Gasteiger partial charge on any atom is -0.493 e. The summed E-state index contributed by atoms with van der Waals surface area (Å²) >= 11 is 1.45. The first-order valence-corrected chi connectivity index (χ1v) is 9.13. The lowest BCUT2D eigenvalue weighted by molar-refractivity contribution is 0.0989. The normalized spacial score (nSPS) is 10.4. The maximum Gasteiger partial charge on any atom is 0.268 e. The number of amides is 1. The first-order valence-electron chi connectivity index (χ1n) is 8.25. The standard InChI is InChI=1S/C21H21NO3S/c1-15-6-9-17(10-7-15)22(21(23)20-5-4-12-26-20)14-16-8-11-18(24-2)19(13-16)25-3/h4-13H,14H2,1-3H3. The Kier molecular flexibility index (Phi) is 5.58. The first kappa shape index (κ1) is 18.0. The molecule has 1 heterocycles. The summed E-state index contributed by atoms with van der Waals surface area (Å²) in [6.07, 6.45) is 0. The fourth-order valence-electron chi connectivity index (χ4n) is 2.70. The van der Waals surface area contributed by atoms with E-state index in [9.17, 15) is 4.79 Å². The van der Waals surface area contributed by atoms with Crippen molar-refractivity contribution < 1.29 is 14.3 Å². The zero-order valence-corrected chi connectivity index (χ0v) is 15.9. The summed E-state index contributed by atoms with van der Waals surface area (Å²) in [5, 5.41) is 1.91. The lowest BCUT2D eigenvalue weighted by Gasteiger charge is -2.23. The molecule has 0 saturated heterocycles. The van der Waals surface area contributed by atoms with Gasteiger partial charge in [0.05, 0.1) is 25.6 Å². The van der Waals surface area contributed by atoms with Crippen molar-refractivity contribution in [2.24, 2.45) is 0 Å². The Labute approximate surface area is 157 Å². The van der Waals surface area contributed by atoms with Gasteiger partial charge in [0.25, 0.3) is 5.91 Å². The minimum absolute atomic E-state index is 0.0152. The zero-order valence-electron chi connectivity index (χ0n) is 15.1. The molecule has 0 aliphatic rings. The lowest BCUT2D eigenvalue weighted by atomic mass is 10.1. The molecule has 0 aliphatic heterocycles. The molecular weight excluding hydrogens is 346 g/mol. The second kappa shape index (κ2) is 8.06. The second-order valence-electron chi connectivity index (χ2n) is 5.89. The number of methoxy groups -OCH3 is 2. The molecule has 3 aromatic rings. The van der Waals surface area contributed by atoms with Crippen LogP contribution in [0.5, 0.6) is 11.5 Å². The zero-order chi connectivity index (χ0) is 18.5. The number of carbonyl (C=O) groups is 1. The Morgan fingerprint density at radius 1 is 1.00 bits per heavy atom. The van der Waals surface area contributed by atoms with E-state index in [1.807, 2.05) is 66.9 Å². The molecule has 1 aromatic heterocycles. The summed E-state index contributed by atoms with van der Waals surface area (Å²) < 4.78 is 10.7. The summed E-state index contributed by atoms with van der Waals surface area (Å²) in [6.45, 7) is 2.48. The van der Waals surface area contributed by atoms with E-state index < -0.39 is 0 Å². The Hall–Kier alpha value is -2.79. The molecule has 0 aliphatic carbocycles. The van der Waals surface area contributed by atoms with Gasteiger partial charge in [-0.3, -0.25) is 4.79 Å². The van der Waals surface area contributed by atoms with Gasteiger partial charge in [-0.1, -0.05) is 29.8 Å². The molecular formula is C21H21NO3S. The van der Waals surface area contributed by atoms with Crippen molar-refractivity contribution in [2.75, 3.05) is 19.1 Å². The summed E-state index contributed by atoms with van der Waals surface area (Å²) in [6, 6.07) is 17.4. The van der Waals surface area contributed by atoms with Gasteiger partial charge in [-0.05, 0) is 48.2 Å². The molecule has 5 heteroatoms. The topological polar surface area (TPSA) is 38.8 Å². The molecule has 0 unspecified atom stereocenters. The van der Waals surface area contributed by atoms with E-state index in [1.54, 1.807) is 19.1 Å². The van der Waals surface area contributed by atoms with Crippen molar-refractivity contribution in [3.63, 3.8) is 0 Å². The molecule has 0 radical (unpaired) electrons. The van der Waals surface area contributed by atoms with Gasteiger partial charge in [0.15, 0.2) is 11.5 Å². The van der Waals surface area contributed by atoms with Gasteiger partial charge in [-0.2, -0.15) is 0 Å². The van der Waals surface area contributed by atoms with Crippen molar-refractivity contribution in [1.82, 2.24) is 0 Å². The van der Waals surface area contributed by atoms with Gasteiger partial charge in [0.1, 0.15) is 0 Å². The van der Waals surface area contributed by atoms with Crippen LogP contribution >= 0.6 is 11.3 Å². The average Bonchev–Trinajstić information content (AvgIpc) is 3.21. The Balaban J connectivity index is 1.95. The monoisotopic (exact) mass is 367 g/mol. The van der Waals surface area contributed by atoms with Crippen molar-refractivity contribution in [1.29, 1.82) is 0 Å². The van der Waals surface area contributed by atoms with Gasteiger partial charge in [-0.25, -0.2) is 0 Å². The van der Waals surface area contributed by atoms with Crippen molar-refractivity contribution in [3.8, 4) is 11.5 Å². The molecule has 0 N–H and O–H groups in total. The number of carbonyl (C=O) groups excluding carboxylic acids is 1. The predicted octanol–water partition coefficient (Wildman–Crippen LogP) is 4.92. The van der Waals surface area contributed by atoms with Crippen LogP contribution in [0, 0.1) is 6.92 Å². The number of thiophene rings is 1. The molecule has 3 rings (SSSR count). The van der Waals surface area contributed by atoms with Gasteiger partial charge < -0.3 is 14.4 Å². The van der Waals surface area contributed by atoms with Crippen LogP contribution in [0.3, 0.4) is 0 Å². The highest BCUT2D eigenvalue weighted by Gasteiger charge is 2.19. The van der Waals surface area contributed by atoms with Gasteiger partial charge in [0.2, 0.25) is 0 Å². The second-order valence-corrected chi connectivity index (χ2v) is 6.84. The highest BCUT2D eigenvalue weighted by Crippen LogP contribution is 2.29. The van der Waals surface area contributed by atoms with Crippen LogP contribution in [0.15, 0.2) is 60.0 Å². The van der Waals surface area contributed by atoms with Gasteiger partial charge in [-0.15, -0.1) is 11.3 Å². The number of nitrogens with zero attached hydrogens (tertiary/aromatic N) is 1. The number of hydrogen-bond donors (Lipinski definition) is 0.